The third-order valence-electron chi connectivity index (χ3n) is 5.14. The minimum Gasteiger partial charge on any atom is -0.494 e. The summed E-state index contributed by atoms with van der Waals surface area (Å²) in [6.45, 7) is 1.94. The zero-order valence-electron chi connectivity index (χ0n) is 19.4. The lowest BCUT2D eigenvalue weighted by molar-refractivity contribution is -0.137. The first-order chi connectivity index (χ1) is 17.0. The molecule has 1 unspecified atom stereocenters. The van der Waals surface area contributed by atoms with Gasteiger partial charge in [-0.05, 0) is 36.1 Å². The number of alkyl carbamates (subject to hydrolysis) is 1. The molecule has 1 aliphatic rings. The first-order valence-corrected chi connectivity index (χ1v) is 11.5. The van der Waals surface area contributed by atoms with Crippen LogP contribution in [0.2, 0.25) is 0 Å². The number of benzene rings is 2. The van der Waals surface area contributed by atoms with Crippen molar-refractivity contribution >= 4 is 23.9 Å². The molecule has 186 valence electrons. The lowest BCUT2D eigenvalue weighted by Crippen LogP contribution is -2.43. The topological polar surface area (TPSA) is 138 Å². The molecule has 0 spiro atoms. The lowest BCUT2D eigenvalue weighted by Gasteiger charge is -2.18. The fraction of sp³-hybridized carbons (Fsp3) is 0.360. The first-order valence-electron chi connectivity index (χ1n) is 11.5. The number of nitrogens with one attached hydrogen (secondary N) is 3. The molecular weight excluding hydrogens is 452 g/mol. The molecule has 1 aliphatic heterocycles. The van der Waals surface area contributed by atoms with E-state index in [4.69, 9.17) is 9.47 Å². The Hall–Kier alpha value is -4.08. The molecule has 0 fully saturated rings. The monoisotopic (exact) mass is 482 g/mol. The SMILES string of the molecule is O=C(O)CC(NC(=O)OCc1ccccc1)c1ccc(OCCCC(=O)NC2=NCCCN2)cc1. The molecule has 2 aromatic carbocycles. The van der Waals surface area contributed by atoms with Gasteiger partial charge in [0.1, 0.15) is 12.4 Å². The molecule has 0 saturated carbocycles. The van der Waals surface area contributed by atoms with Crippen LogP contribution in [-0.2, 0) is 20.9 Å². The molecule has 10 heteroatoms. The van der Waals surface area contributed by atoms with Crippen molar-refractivity contribution in [3.8, 4) is 5.75 Å². The number of rotatable bonds is 11. The van der Waals surface area contributed by atoms with Crippen molar-refractivity contribution in [3.05, 3.63) is 65.7 Å². The second-order valence-electron chi connectivity index (χ2n) is 7.94. The van der Waals surface area contributed by atoms with Gasteiger partial charge in [0.25, 0.3) is 0 Å². The Kier molecular flexibility index (Phi) is 9.91. The molecule has 10 nitrogen and oxygen atoms in total. The minimum absolute atomic E-state index is 0.0852. The van der Waals surface area contributed by atoms with Crippen LogP contribution in [0.5, 0.6) is 5.75 Å². The summed E-state index contributed by atoms with van der Waals surface area (Å²) in [7, 11) is 0. The highest BCUT2D eigenvalue weighted by atomic mass is 16.5. The van der Waals surface area contributed by atoms with Crippen molar-refractivity contribution in [2.75, 3.05) is 19.7 Å². The van der Waals surface area contributed by atoms with E-state index in [1.54, 1.807) is 24.3 Å². The van der Waals surface area contributed by atoms with Crippen LogP contribution in [-0.4, -0.2) is 48.7 Å². The van der Waals surface area contributed by atoms with E-state index in [1.807, 2.05) is 30.3 Å². The molecule has 2 amide bonds. The van der Waals surface area contributed by atoms with Crippen LogP contribution in [0.3, 0.4) is 0 Å². The first kappa shape index (κ1) is 25.5. The number of carbonyl (C=O) groups is 3. The summed E-state index contributed by atoms with van der Waals surface area (Å²) in [6, 6.07) is 15.2. The molecule has 0 radical (unpaired) electrons. The Morgan fingerprint density at radius 1 is 1.09 bits per heavy atom. The number of carboxylic acids is 1. The molecule has 2 aromatic rings. The van der Waals surface area contributed by atoms with Gasteiger partial charge in [0, 0.05) is 19.5 Å². The van der Waals surface area contributed by atoms with Crippen LogP contribution in [0.15, 0.2) is 59.6 Å². The molecule has 0 aliphatic carbocycles. The maximum atomic E-state index is 12.2. The number of nitrogens with zero attached hydrogens (tertiary/aromatic N) is 1. The Balaban J connectivity index is 1.44. The summed E-state index contributed by atoms with van der Waals surface area (Å²) in [5, 5.41) is 17.6. The number of aliphatic carboxylic acids is 1. The zero-order chi connectivity index (χ0) is 24.9. The normalized spacial score (nSPS) is 13.5. The molecule has 35 heavy (non-hydrogen) atoms. The van der Waals surface area contributed by atoms with Gasteiger partial charge in [0.15, 0.2) is 5.96 Å². The third-order valence-corrected chi connectivity index (χ3v) is 5.14. The number of guanidine groups is 1. The van der Waals surface area contributed by atoms with E-state index < -0.39 is 18.1 Å². The average Bonchev–Trinajstić information content (AvgIpc) is 2.86. The third kappa shape index (κ3) is 9.36. The van der Waals surface area contributed by atoms with Crippen molar-refractivity contribution < 1.29 is 29.0 Å². The van der Waals surface area contributed by atoms with E-state index in [0.717, 1.165) is 18.5 Å². The maximum Gasteiger partial charge on any atom is 0.407 e. The Bertz CT molecular complexity index is 1010. The molecule has 4 N–H and O–H groups in total. The van der Waals surface area contributed by atoms with E-state index in [9.17, 15) is 19.5 Å². The molecule has 1 atom stereocenters. The number of hydrogen-bond donors (Lipinski definition) is 4. The van der Waals surface area contributed by atoms with Gasteiger partial charge in [0.05, 0.1) is 19.1 Å². The quantitative estimate of drug-likeness (QED) is 0.361. The number of ether oxygens (including phenoxy) is 2. The number of carboxylic acid groups (broad SMARTS) is 1. The average molecular weight is 483 g/mol. The van der Waals surface area contributed by atoms with E-state index in [0.29, 0.717) is 43.3 Å². The van der Waals surface area contributed by atoms with Crippen LogP contribution in [0.1, 0.15) is 42.9 Å². The van der Waals surface area contributed by atoms with Crippen LogP contribution in [0.25, 0.3) is 0 Å². The van der Waals surface area contributed by atoms with E-state index in [-0.39, 0.29) is 18.9 Å². The largest absolute Gasteiger partial charge is 0.494 e. The van der Waals surface area contributed by atoms with Gasteiger partial charge in [-0.25, -0.2) is 4.79 Å². The van der Waals surface area contributed by atoms with Crippen molar-refractivity contribution in [1.29, 1.82) is 0 Å². The highest BCUT2D eigenvalue weighted by molar-refractivity contribution is 5.97. The summed E-state index contributed by atoms with van der Waals surface area (Å²) >= 11 is 0. The predicted octanol–water partition coefficient (Wildman–Crippen LogP) is 2.75. The molecular formula is C25H30N4O6. The number of hydrogen-bond acceptors (Lipinski definition) is 7. The molecule has 1 heterocycles. The Labute approximate surface area is 203 Å². The van der Waals surface area contributed by atoms with Gasteiger partial charge in [-0.1, -0.05) is 42.5 Å². The summed E-state index contributed by atoms with van der Waals surface area (Å²) in [6.07, 6.45) is 0.784. The van der Waals surface area contributed by atoms with Crippen LogP contribution in [0.4, 0.5) is 4.79 Å². The van der Waals surface area contributed by atoms with Crippen molar-refractivity contribution in [2.45, 2.75) is 38.3 Å². The van der Waals surface area contributed by atoms with Crippen molar-refractivity contribution in [1.82, 2.24) is 16.0 Å². The fourth-order valence-electron chi connectivity index (χ4n) is 3.36. The van der Waals surface area contributed by atoms with Crippen molar-refractivity contribution in [2.24, 2.45) is 4.99 Å². The fourth-order valence-corrected chi connectivity index (χ4v) is 3.36. The zero-order valence-corrected chi connectivity index (χ0v) is 19.4. The minimum atomic E-state index is -1.05. The second kappa shape index (κ2) is 13.6. The van der Waals surface area contributed by atoms with E-state index >= 15 is 0 Å². The summed E-state index contributed by atoms with van der Waals surface area (Å²) in [4.78, 5) is 39.7. The standard InChI is InChI=1S/C25H30N4O6/c30-22(29-24-26-13-5-14-27-24)8-4-15-34-20-11-9-19(10-12-20)21(16-23(31)32)28-25(33)35-17-18-6-2-1-3-7-18/h1-3,6-7,9-12,21H,4-5,8,13-17H2,(H,28,33)(H,31,32)(H2,26,27,29,30). The van der Waals surface area contributed by atoms with E-state index in [2.05, 4.69) is 20.9 Å². The Morgan fingerprint density at radius 3 is 2.54 bits per heavy atom. The van der Waals surface area contributed by atoms with Crippen LogP contribution < -0.4 is 20.7 Å². The van der Waals surface area contributed by atoms with Crippen molar-refractivity contribution in [3.63, 3.8) is 0 Å². The maximum absolute atomic E-state index is 12.2. The molecule has 3 rings (SSSR count). The van der Waals surface area contributed by atoms with Gasteiger partial charge >= 0.3 is 12.1 Å². The predicted molar refractivity (Wildman–Crippen MR) is 129 cm³/mol. The lowest BCUT2D eigenvalue weighted by atomic mass is 10.0. The van der Waals surface area contributed by atoms with Crippen LogP contribution in [0, 0.1) is 0 Å². The smallest absolute Gasteiger partial charge is 0.407 e. The van der Waals surface area contributed by atoms with Gasteiger partial charge in [0.2, 0.25) is 5.91 Å². The second-order valence-corrected chi connectivity index (χ2v) is 7.94. The number of carbonyl (C=O) groups excluding carboxylic acids is 2. The van der Waals surface area contributed by atoms with E-state index in [1.165, 1.54) is 0 Å². The summed E-state index contributed by atoms with van der Waals surface area (Å²) in [5.74, 6) is -0.0790. The van der Waals surface area contributed by atoms with Gasteiger partial charge in [-0.15, -0.1) is 0 Å². The van der Waals surface area contributed by atoms with Crippen LogP contribution >= 0.6 is 0 Å². The highest BCUT2D eigenvalue weighted by Crippen LogP contribution is 2.21. The number of aliphatic imine (C=N–C) groups is 1. The van der Waals surface area contributed by atoms with Gasteiger partial charge < -0.3 is 25.2 Å². The summed E-state index contributed by atoms with van der Waals surface area (Å²) < 4.78 is 10.9. The van der Waals surface area contributed by atoms with Gasteiger partial charge in [-0.2, -0.15) is 0 Å². The molecule has 0 bridgehead atoms. The Morgan fingerprint density at radius 2 is 1.86 bits per heavy atom. The summed E-state index contributed by atoms with van der Waals surface area (Å²) in [5.41, 5.74) is 1.44. The van der Waals surface area contributed by atoms with Gasteiger partial charge in [-0.3, -0.25) is 19.9 Å². The highest BCUT2D eigenvalue weighted by Gasteiger charge is 2.19. The molecule has 0 saturated heterocycles. The number of amides is 2. The molecule has 0 aromatic heterocycles.